The second-order valence-electron chi connectivity index (χ2n) is 9.27. The highest BCUT2D eigenvalue weighted by Crippen LogP contribution is 2.28. The van der Waals surface area contributed by atoms with Crippen LogP contribution in [0.3, 0.4) is 0 Å². The summed E-state index contributed by atoms with van der Waals surface area (Å²) in [5.74, 6) is -1.70. The number of amides is 1. The van der Waals surface area contributed by atoms with Crippen molar-refractivity contribution in [2.45, 2.75) is 108 Å². The molecule has 0 saturated heterocycles. The van der Waals surface area contributed by atoms with Crippen LogP contribution in [0, 0.1) is 5.92 Å². The number of carboxylic acid groups (broad SMARTS) is 2. The highest BCUT2D eigenvalue weighted by molar-refractivity contribution is 5.86. The zero-order valence-corrected chi connectivity index (χ0v) is 18.8. The van der Waals surface area contributed by atoms with E-state index in [2.05, 4.69) is 5.32 Å². The Bertz CT molecular complexity index is 574. The van der Waals surface area contributed by atoms with Gasteiger partial charge < -0.3 is 20.8 Å². The average molecular weight is 440 g/mol. The summed E-state index contributed by atoms with van der Waals surface area (Å²) in [7, 11) is 0. The lowest BCUT2D eigenvalue weighted by atomic mass is 9.85. The Balaban J connectivity index is 2.07. The van der Waals surface area contributed by atoms with Crippen molar-refractivity contribution in [1.29, 1.82) is 0 Å². The minimum atomic E-state index is -1.03. The first kappa shape index (κ1) is 25.6. The van der Waals surface area contributed by atoms with Crippen molar-refractivity contribution in [3.63, 3.8) is 0 Å². The number of nitrogens with one attached hydrogen (secondary N) is 1. The zero-order chi connectivity index (χ0) is 22.6. The monoisotopic (exact) mass is 439 g/mol. The predicted octanol–water partition coefficient (Wildman–Crippen LogP) is 2.74. The topological polar surface area (TPSA) is 133 Å². The molecule has 31 heavy (non-hydrogen) atoms. The quantitative estimate of drug-likeness (QED) is 0.306. The Labute approximate surface area is 185 Å². The summed E-state index contributed by atoms with van der Waals surface area (Å²) in [4.78, 5) is 38.3. The van der Waals surface area contributed by atoms with Gasteiger partial charge in [0.25, 0.3) is 0 Å². The Morgan fingerprint density at radius 1 is 0.903 bits per heavy atom. The lowest BCUT2D eigenvalue weighted by molar-refractivity contribution is -0.148. The first-order chi connectivity index (χ1) is 14.9. The molecule has 2 aliphatic rings. The minimum Gasteiger partial charge on any atom is -0.480 e. The van der Waals surface area contributed by atoms with Crippen molar-refractivity contribution in [3.05, 3.63) is 0 Å². The third kappa shape index (κ3) is 8.77. The maximum atomic E-state index is 13.4. The number of hydrogen-bond donors (Lipinski definition) is 4. The van der Waals surface area contributed by atoms with Gasteiger partial charge in [0, 0.05) is 6.04 Å². The molecular weight excluding hydrogens is 398 g/mol. The van der Waals surface area contributed by atoms with Crippen molar-refractivity contribution in [1.82, 2.24) is 10.2 Å². The number of carbonyl (C=O) groups excluding carboxylic acids is 1. The highest BCUT2D eigenvalue weighted by atomic mass is 16.4. The molecule has 1 unspecified atom stereocenters. The van der Waals surface area contributed by atoms with E-state index in [0.29, 0.717) is 31.7 Å². The number of nitrogens with zero attached hydrogens (tertiary/aromatic N) is 1. The number of unbranched alkanes of at least 4 members (excludes halogenated alkanes) is 1. The van der Waals surface area contributed by atoms with Crippen LogP contribution in [0.5, 0.6) is 0 Å². The number of aliphatic carboxylic acids is 2. The fourth-order valence-electron chi connectivity index (χ4n) is 5.12. The second-order valence-corrected chi connectivity index (χ2v) is 9.27. The third-order valence-corrected chi connectivity index (χ3v) is 6.89. The number of carbonyl (C=O) groups is 3. The van der Waals surface area contributed by atoms with Gasteiger partial charge in [0.2, 0.25) is 5.91 Å². The number of nitrogens with two attached hydrogens (primary N) is 1. The number of rotatable bonds is 14. The fourth-order valence-corrected chi connectivity index (χ4v) is 5.12. The molecule has 178 valence electrons. The molecule has 0 radical (unpaired) electrons. The summed E-state index contributed by atoms with van der Waals surface area (Å²) < 4.78 is 0. The molecule has 0 aromatic rings. The van der Waals surface area contributed by atoms with Crippen LogP contribution in [0.2, 0.25) is 0 Å². The molecule has 8 heteroatoms. The van der Waals surface area contributed by atoms with Crippen LogP contribution in [0.4, 0.5) is 0 Å². The fraction of sp³-hybridized carbons (Fsp3) is 0.870. The maximum absolute atomic E-state index is 13.4. The second kappa shape index (κ2) is 13.7. The molecule has 2 aliphatic carbocycles. The molecule has 0 heterocycles. The summed E-state index contributed by atoms with van der Waals surface area (Å²) >= 11 is 0. The van der Waals surface area contributed by atoms with E-state index >= 15 is 0 Å². The Morgan fingerprint density at radius 2 is 1.55 bits per heavy atom. The van der Waals surface area contributed by atoms with Gasteiger partial charge in [-0.25, -0.2) is 0 Å². The van der Waals surface area contributed by atoms with Gasteiger partial charge in [-0.2, -0.15) is 0 Å². The zero-order valence-electron chi connectivity index (χ0n) is 18.8. The van der Waals surface area contributed by atoms with Crippen molar-refractivity contribution in [3.8, 4) is 0 Å². The van der Waals surface area contributed by atoms with Gasteiger partial charge in [0.05, 0.1) is 6.04 Å². The molecule has 0 bridgehead atoms. The number of hydrogen-bond acceptors (Lipinski definition) is 5. The molecule has 2 fully saturated rings. The lowest BCUT2D eigenvalue weighted by Gasteiger charge is -2.33. The van der Waals surface area contributed by atoms with Crippen LogP contribution in [0.25, 0.3) is 0 Å². The van der Waals surface area contributed by atoms with E-state index in [0.717, 1.165) is 51.4 Å². The highest BCUT2D eigenvalue weighted by Gasteiger charge is 2.34. The molecule has 0 aromatic carbocycles. The van der Waals surface area contributed by atoms with Gasteiger partial charge in [0.15, 0.2) is 0 Å². The first-order valence-electron chi connectivity index (χ1n) is 12.1. The van der Waals surface area contributed by atoms with Gasteiger partial charge in [-0.05, 0) is 51.0 Å². The van der Waals surface area contributed by atoms with Crippen LogP contribution in [-0.2, 0) is 14.4 Å². The summed E-state index contributed by atoms with van der Waals surface area (Å²) in [6.07, 6.45) is 12.8. The van der Waals surface area contributed by atoms with Gasteiger partial charge in [-0.15, -0.1) is 0 Å². The largest absolute Gasteiger partial charge is 0.480 e. The standard InChI is InChI=1S/C23H41N3O5/c24-15-7-6-12-19(22(29)26(16-21(27)28)18-10-4-5-11-18)25-20(23(30)31)14-13-17-8-2-1-3-9-17/h17-20,25H,1-16,24H2,(H,27,28)(H,30,31)/t19-,20?/m0/s1. The van der Waals surface area contributed by atoms with Crippen molar-refractivity contribution in [2.24, 2.45) is 11.7 Å². The van der Waals surface area contributed by atoms with Crippen LogP contribution in [-0.4, -0.2) is 64.2 Å². The Kier molecular flexibility index (Phi) is 11.3. The molecule has 1 amide bonds. The minimum absolute atomic E-state index is 0.0760. The smallest absolute Gasteiger partial charge is 0.323 e. The van der Waals surface area contributed by atoms with Gasteiger partial charge in [0.1, 0.15) is 12.6 Å². The Hall–Kier alpha value is -1.67. The average Bonchev–Trinajstić information content (AvgIpc) is 3.28. The molecule has 8 nitrogen and oxygen atoms in total. The molecule has 0 aromatic heterocycles. The Morgan fingerprint density at radius 3 is 2.13 bits per heavy atom. The van der Waals surface area contributed by atoms with Crippen LogP contribution in [0.1, 0.15) is 89.9 Å². The molecule has 0 spiro atoms. The van der Waals surface area contributed by atoms with Crippen LogP contribution in [0.15, 0.2) is 0 Å². The maximum Gasteiger partial charge on any atom is 0.323 e. The lowest BCUT2D eigenvalue weighted by Crippen LogP contribution is -2.55. The van der Waals surface area contributed by atoms with Crippen molar-refractivity contribution < 1.29 is 24.6 Å². The third-order valence-electron chi connectivity index (χ3n) is 6.89. The van der Waals surface area contributed by atoms with E-state index in [-0.39, 0.29) is 18.5 Å². The molecule has 2 atom stereocenters. The van der Waals surface area contributed by atoms with Gasteiger partial charge in [-0.3, -0.25) is 19.7 Å². The van der Waals surface area contributed by atoms with Crippen molar-refractivity contribution in [2.75, 3.05) is 13.1 Å². The van der Waals surface area contributed by atoms with Crippen LogP contribution < -0.4 is 11.1 Å². The summed E-state index contributed by atoms with van der Waals surface area (Å²) in [6.45, 7) is 0.171. The number of carboxylic acids is 2. The SMILES string of the molecule is NCCCC[C@H](NC(CCC1CCCCC1)C(=O)O)C(=O)N(CC(=O)O)C1CCCC1. The predicted molar refractivity (Wildman–Crippen MR) is 119 cm³/mol. The van der Waals surface area contributed by atoms with E-state index in [1.807, 2.05) is 0 Å². The molecule has 2 saturated carbocycles. The van der Waals surface area contributed by atoms with Gasteiger partial charge in [-0.1, -0.05) is 51.4 Å². The van der Waals surface area contributed by atoms with E-state index < -0.39 is 24.0 Å². The molecule has 2 rings (SSSR count). The summed E-state index contributed by atoms with van der Waals surface area (Å²) in [6, 6.07) is -1.57. The van der Waals surface area contributed by atoms with E-state index in [9.17, 15) is 24.6 Å². The normalized spacial score (nSPS) is 19.8. The van der Waals surface area contributed by atoms with E-state index in [1.54, 1.807) is 0 Å². The summed E-state index contributed by atoms with van der Waals surface area (Å²) in [5, 5.41) is 22.3. The van der Waals surface area contributed by atoms with Gasteiger partial charge >= 0.3 is 11.9 Å². The molecular formula is C23H41N3O5. The molecule has 5 N–H and O–H groups in total. The summed E-state index contributed by atoms with van der Waals surface area (Å²) in [5.41, 5.74) is 5.61. The molecule has 0 aliphatic heterocycles. The van der Waals surface area contributed by atoms with E-state index in [1.165, 1.54) is 24.2 Å². The van der Waals surface area contributed by atoms with E-state index in [4.69, 9.17) is 5.73 Å². The van der Waals surface area contributed by atoms with Crippen LogP contribution >= 0.6 is 0 Å². The first-order valence-corrected chi connectivity index (χ1v) is 12.1. The van der Waals surface area contributed by atoms with Crippen molar-refractivity contribution >= 4 is 17.8 Å².